The van der Waals surface area contributed by atoms with E-state index in [1.54, 1.807) is 11.8 Å². The van der Waals surface area contributed by atoms with Crippen molar-refractivity contribution < 1.29 is 4.79 Å². The molecule has 0 aliphatic carbocycles. The van der Waals surface area contributed by atoms with Gasteiger partial charge in [-0.05, 0) is 19.1 Å². The first-order valence-corrected chi connectivity index (χ1v) is 6.95. The number of hydrogen-bond donors (Lipinski definition) is 2. The van der Waals surface area contributed by atoms with E-state index in [4.69, 9.17) is 5.73 Å². The highest BCUT2D eigenvalue weighted by atomic mass is 35.5. The zero-order valence-electron chi connectivity index (χ0n) is 10.7. The fourth-order valence-corrected chi connectivity index (χ4v) is 2.13. The quantitative estimate of drug-likeness (QED) is 0.743. The normalized spacial score (nSPS) is 12.8. The molecule has 1 amide bonds. The van der Waals surface area contributed by atoms with Gasteiger partial charge in [-0.25, -0.2) is 0 Å². The van der Waals surface area contributed by atoms with Crippen LogP contribution < -0.4 is 11.1 Å². The zero-order valence-corrected chi connectivity index (χ0v) is 12.3. The summed E-state index contributed by atoms with van der Waals surface area (Å²) in [5.41, 5.74) is 5.53. The lowest BCUT2D eigenvalue weighted by molar-refractivity contribution is -0.125. The molecule has 0 fully saturated rings. The second-order valence-corrected chi connectivity index (χ2v) is 4.95. The molecule has 0 heterocycles. The van der Waals surface area contributed by atoms with Crippen molar-refractivity contribution in [3.8, 4) is 0 Å². The van der Waals surface area contributed by atoms with Crippen LogP contribution in [0.1, 0.15) is 33.6 Å². The van der Waals surface area contributed by atoms with Gasteiger partial charge in [0.05, 0.1) is 5.54 Å². The molecule has 0 bridgehead atoms. The third-order valence-corrected chi connectivity index (χ3v) is 3.83. The average molecular weight is 269 g/mol. The summed E-state index contributed by atoms with van der Waals surface area (Å²) in [4.78, 5) is 11.8. The summed E-state index contributed by atoms with van der Waals surface area (Å²) in [6, 6.07) is 0. The fraction of sp³-hybridized carbons (Fsp3) is 0.909. The Labute approximate surface area is 110 Å². The molecule has 3 N–H and O–H groups in total. The first kappa shape index (κ1) is 18.4. The summed E-state index contributed by atoms with van der Waals surface area (Å²) in [7, 11) is 0. The van der Waals surface area contributed by atoms with E-state index in [0.29, 0.717) is 6.54 Å². The summed E-state index contributed by atoms with van der Waals surface area (Å²) in [6.45, 7) is 6.60. The molecule has 0 aliphatic heterocycles. The molecule has 0 aliphatic rings. The van der Waals surface area contributed by atoms with Crippen LogP contribution in [0.15, 0.2) is 0 Å². The molecule has 0 aromatic rings. The molecular formula is C11H25ClN2OS. The SMILES string of the molecule is CCC(CC)(CN)NC(=O)C(C)CSC.Cl. The zero-order chi connectivity index (χ0) is 11.9. The van der Waals surface area contributed by atoms with Gasteiger partial charge in [-0.1, -0.05) is 20.8 Å². The van der Waals surface area contributed by atoms with E-state index in [1.165, 1.54) is 0 Å². The van der Waals surface area contributed by atoms with E-state index in [0.717, 1.165) is 18.6 Å². The van der Waals surface area contributed by atoms with Crippen molar-refractivity contribution in [1.82, 2.24) is 5.32 Å². The Morgan fingerprint density at radius 1 is 1.44 bits per heavy atom. The Hall–Kier alpha value is 0.0700. The molecule has 5 heteroatoms. The Morgan fingerprint density at radius 2 is 1.94 bits per heavy atom. The van der Waals surface area contributed by atoms with Crippen LogP contribution in [0.25, 0.3) is 0 Å². The number of carbonyl (C=O) groups excluding carboxylic acids is 1. The van der Waals surface area contributed by atoms with Gasteiger partial charge in [0.25, 0.3) is 0 Å². The monoisotopic (exact) mass is 268 g/mol. The number of hydrogen-bond acceptors (Lipinski definition) is 3. The van der Waals surface area contributed by atoms with Crippen molar-refractivity contribution in [3.63, 3.8) is 0 Å². The summed E-state index contributed by atoms with van der Waals surface area (Å²) in [5, 5.41) is 3.09. The van der Waals surface area contributed by atoms with E-state index in [1.807, 2.05) is 13.2 Å². The van der Waals surface area contributed by atoms with E-state index < -0.39 is 0 Å². The summed E-state index contributed by atoms with van der Waals surface area (Å²) in [5.74, 6) is 1.04. The number of thioether (sulfide) groups is 1. The van der Waals surface area contributed by atoms with Crippen LogP contribution in [0, 0.1) is 5.92 Å². The van der Waals surface area contributed by atoms with Crippen LogP contribution in [-0.2, 0) is 4.79 Å². The van der Waals surface area contributed by atoms with Gasteiger partial charge in [-0.2, -0.15) is 11.8 Å². The second kappa shape index (κ2) is 9.14. The summed E-state index contributed by atoms with van der Waals surface area (Å²) in [6.07, 6.45) is 3.79. The lowest BCUT2D eigenvalue weighted by Crippen LogP contribution is -2.54. The van der Waals surface area contributed by atoms with Crippen molar-refractivity contribution in [3.05, 3.63) is 0 Å². The van der Waals surface area contributed by atoms with Crippen LogP contribution in [0.4, 0.5) is 0 Å². The number of nitrogens with one attached hydrogen (secondary N) is 1. The van der Waals surface area contributed by atoms with Crippen LogP contribution in [-0.4, -0.2) is 30.0 Å². The third kappa shape index (κ3) is 5.41. The standard InChI is InChI=1S/C11H24N2OS.ClH/c1-5-11(6-2,8-12)13-10(14)9(3)7-15-4;/h9H,5-8,12H2,1-4H3,(H,13,14);1H. The molecule has 0 rings (SSSR count). The molecule has 98 valence electrons. The van der Waals surface area contributed by atoms with Crippen LogP contribution in [0.2, 0.25) is 0 Å². The van der Waals surface area contributed by atoms with Gasteiger partial charge in [-0.3, -0.25) is 4.79 Å². The fourth-order valence-electron chi connectivity index (χ4n) is 1.48. The molecule has 1 unspecified atom stereocenters. The van der Waals surface area contributed by atoms with Gasteiger partial charge in [0.15, 0.2) is 0 Å². The van der Waals surface area contributed by atoms with E-state index >= 15 is 0 Å². The molecule has 0 aromatic heterocycles. The predicted octanol–water partition coefficient (Wildman–Crippen LogP) is 2.04. The Balaban J connectivity index is 0. The molecule has 0 saturated carbocycles. The predicted molar refractivity (Wildman–Crippen MR) is 75.3 cm³/mol. The van der Waals surface area contributed by atoms with Gasteiger partial charge >= 0.3 is 0 Å². The molecule has 0 spiro atoms. The summed E-state index contributed by atoms with van der Waals surface area (Å²) >= 11 is 1.69. The first-order valence-electron chi connectivity index (χ1n) is 5.56. The molecule has 0 radical (unpaired) electrons. The Kier molecular flexibility index (Phi) is 10.5. The maximum absolute atomic E-state index is 11.8. The first-order chi connectivity index (χ1) is 7.05. The van der Waals surface area contributed by atoms with Crippen molar-refractivity contribution in [2.24, 2.45) is 11.7 Å². The van der Waals surface area contributed by atoms with Gasteiger partial charge < -0.3 is 11.1 Å². The topological polar surface area (TPSA) is 55.1 Å². The average Bonchev–Trinajstić information content (AvgIpc) is 2.26. The number of nitrogens with two attached hydrogens (primary N) is 1. The van der Waals surface area contributed by atoms with Crippen molar-refractivity contribution in [2.45, 2.75) is 39.2 Å². The van der Waals surface area contributed by atoms with Crippen LogP contribution in [0.3, 0.4) is 0 Å². The molecule has 0 saturated heterocycles. The smallest absolute Gasteiger partial charge is 0.224 e. The molecule has 1 atom stereocenters. The van der Waals surface area contributed by atoms with Crippen LogP contribution in [0.5, 0.6) is 0 Å². The van der Waals surface area contributed by atoms with E-state index in [2.05, 4.69) is 19.2 Å². The van der Waals surface area contributed by atoms with Crippen molar-refractivity contribution in [2.75, 3.05) is 18.6 Å². The Bertz CT molecular complexity index is 190. The highest BCUT2D eigenvalue weighted by molar-refractivity contribution is 7.98. The lowest BCUT2D eigenvalue weighted by Gasteiger charge is -2.32. The van der Waals surface area contributed by atoms with Crippen LogP contribution >= 0.6 is 24.2 Å². The van der Waals surface area contributed by atoms with E-state index in [-0.39, 0.29) is 29.8 Å². The lowest BCUT2D eigenvalue weighted by atomic mass is 9.92. The van der Waals surface area contributed by atoms with E-state index in [9.17, 15) is 4.79 Å². The summed E-state index contributed by atoms with van der Waals surface area (Å²) < 4.78 is 0. The van der Waals surface area contributed by atoms with Gasteiger partial charge in [0.2, 0.25) is 5.91 Å². The molecule has 3 nitrogen and oxygen atoms in total. The largest absolute Gasteiger partial charge is 0.349 e. The van der Waals surface area contributed by atoms with Crippen molar-refractivity contribution >= 4 is 30.1 Å². The number of rotatable bonds is 7. The Morgan fingerprint density at radius 3 is 2.25 bits per heavy atom. The number of halogens is 1. The maximum Gasteiger partial charge on any atom is 0.224 e. The minimum atomic E-state index is -0.205. The molecule has 16 heavy (non-hydrogen) atoms. The maximum atomic E-state index is 11.8. The van der Waals surface area contributed by atoms with Gasteiger partial charge in [0.1, 0.15) is 0 Å². The minimum absolute atomic E-state index is 0. The van der Waals surface area contributed by atoms with Gasteiger partial charge in [-0.15, -0.1) is 12.4 Å². The third-order valence-electron chi connectivity index (χ3n) is 3.00. The minimum Gasteiger partial charge on any atom is -0.349 e. The number of carbonyl (C=O) groups is 1. The van der Waals surface area contributed by atoms with Gasteiger partial charge in [0, 0.05) is 18.2 Å². The second-order valence-electron chi connectivity index (χ2n) is 4.04. The highest BCUT2D eigenvalue weighted by Crippen LogP contribution is 2.15. The molecular weight excluding hydrogens is 244 g/mol. The van der Waals surface area contributed by atoms with Crippen molar-refractivity contribution in [1.29, 1.82) is 0 Å². The highest BCUT2D eigenvalue weighted by Gasteiger charge is 2.27. The number of amides is 1. The molecule has 0 aromatic carbocycles.